The molecule has 0 fully saturated rings. The predicted molar refractivity (Wildman–Crippen MR) is 103 cm³/mol. The highest BCUT2D eigenvalue weighted by molar-refractivity contribution is 7.89. The van der Waals surface area contributed by atoms with E-state index in [1.807, 2.05) is 18.4 Å². The van der Waals surface area contributed by atoms with E-state index in [0.717, 1.165) is 0 Å². The third kappa shape index (κ3) is 3.72. The second-order valence-corrected chi connectivity index (χ2v) is 8.15. The molecule has 3 aromatic rings. The van der Waals surface area contributed by atoms with Crippen LogP contribution >= 0.6 is 0 Å². The summed E-state index contributed by atoms with van der Waals surface area (Å²) in [7, 11) is -3.83. The number of aryl methyl sites for hydroxylation is 1. The van der Waals surface area contributed by atoms with Crippen LogP contribution in [0.3, 0.4) is 0 Å². The zero-order chi connectivity index (χ0) is 20.5. The van der Waals surface area contributed by atoms with Crippen molar-refractivity contribution in [1.29, 1.82) is 0 Å². The Balaban J connectivity index is 2.01. The van der Waals surface area contributed by atoms with Crippen molar-refractivity contribution in [3.05, 3.63) is 52.8 Å². The highest BCUT2D eigenvalue weighted by Gasteiger charge is 2.29. The molecule has 0 spiro atoms. The van der Waals surface area contributed by atoms with Crippen molar-refractivity contribution in [1.82, 2.24) is 19.5 Å². The maximum atomic E-state index is 13.4. The first kappa shape index (κ1) is 20.2. The Labute approximate surface area is 163 Å². The van der Waals surface area contributed by atoms with Crippen LogP contribution in [0.1, 0.15) is 36.6 Å². The van der Waals surface area contributed by atoms with Gasteiger partial charge in [-0.05, 0) is 38.5 Å². The molecule has 0 bridgehead atoms. The minimum absolute atomic E-state index is 0.00779. The highest BCUT2D eigenvalue weighted by atomic mass is 32.2. The number of rotatable bonds is 7. The minimum Gasteiger partial charge on any atom is -0.419 e. The molecule has 1 N–H and O–H groups in total. The van der Waals surface area contributed by atoms with Gasteiger partial charge in [0.25, 0.3) is 5.89 Å². The molecule has 0 saturated heterocycles. The lowest BCUT2D eigenvalue weighted by atomic mass is 10.2. The van der Waals surface area contributed by atoms with Crippen molar-refractivity contribution in [3.63, 3.8) is 0 Å². The van der Waals surface area contributed by atoms with E-state index in [1.165, 1.54) is 12.1 Å². The van der Waals surface area contributed by atoms with Crippen LogP contribution in [-0.2, 0) is 29.5 Å². The molecule has 7 nitrogen and oxygen atoms in total. The summed E-state index contributed by atoms with van der Waals surface area (Å²) in [5.74, 6) is 0.377. The smallest absolute Gasteiger partial charge is 0.264 e. The fourth-order valence-electron chi connectivity index (χ4n) is 3.33. The van der Waals surface area contributed by atoms with Gasteiger partial charge in [-0.3, -0.25) is 0 Å². The van der Waals surface area contributed by atoms with Crippen molar-refractivity contribution in [2.24, 2.45) is 0 Å². The summed E-state index contributed by atoms with van der Waals surface area (Å²) in [5, 5.41) is 8.05. The van der Waals surface area contributed by atoms with Gasteiger partial charge in [0.05, 0.1) is 0 Å². The molecule has 28 heavy (non-hydrogen) atoms. The fraction of sp³-hybridized carbons (Fsp3) is 0.368. The van der Waals surface area contributed by atoms with E-state index in [1.54, 1.807) is 26.0 Å². The number of nitrogens with zero attached hydrogens (tertiary/aromatic N) is 3. The van der Waals surface area contributed by atoms with Crippen LogP contribution in [0.25, 0.3) is 11.6 Å². The van der Waals surface area contributed by atoms with E-state index in [9.17, 15) is 12.8 Å². The van der Waals surface area contributed by atoms with Gasteiger partial charge in [0.2, 0.25) is 15.9 Å². The van der Waals surface area contributed by atoms with Gasteiger partial charge in [-0.1, -0.05) is 19.1 Å². The average Bonchev–Trinajstić information content (AvgIpc) is 3.22. The number of halogens is 1. The molecule has 0 radical (unpaired) electrons. The predicted octanol–water partition coefficient (Wildman–Crippen LogP) is 3.35. The number of hydrogen-bond donors (Lipinski definition) is 1. The van der Waals surface area contributed by atoms with E-state index in [4.69, 9.17) is 4.42 Å². The molecule has 0 aliphatic carbocycles. The molecular formula is C19H23FN4O3S. The SMILES string of the molecule is CCc1nnc(-c2c(C)c(S(=O)(=O)NCc3cccc(F)c3)c(C)n2CC)o1. The van der Waals surface area contributed by atoms with Crippen molar-refractivity contribution < 1.29 is 17.2 Å². The molecule has 0 amide bonds. The minimum atomic E-state index is -3.83. The topological polar surface area (TPSA) is 90.0 Å². The summed E-state index contributed by atoms with van der Waals surface area (Å²) in [5.41, 5.74) is 2.26. The fourth-order valence-corrected chi connectivity index (χ4v) is 4.83. The molecule has 9 heteroatoms. The van der Waals surface area contributed by atoms with Crippen LogP contribution in [0.2, 0.25) is 0 Å². The Bertz CT molecular complexity index is 1100. The average molecular weight is 406 g/mol. The van der Waals surface area contributed by atoms with Gasteiger partial charge in [0, 0.05) is 30.8 Å². The zero-order valence-corrected chi connectivity index (χ0v) is 17.1. The Hall–Kier alpha value is -2.52. The third-order valence-electron chi connectivity index (χ3n) is 4.61. The lowest BCUT2D eigenvalue weighted by Gasteiger charge is -2.09. The molecule has 1 aromatic carbocycles. The third-order valence-corrected chi connectivity index (χ3v) is 6.27. The summed E-state index contributed by atoms with van der Waals surface area (Å²) in [6.07, 6.45) is 0.595. The summed E-state index contributed by atoms with van der Waals surface area (Å²) < 4.78 is 49.5. The molecule has 150 valence electrons. The van der Waals surface area contributed by atoms with E-state index in [0.29, 0.717) is 47.3 Å². The second-order valence-electron chi connectivity index (χ2n) is 6.44. The normalized spacial score (nSPS) is 11.9. The van der Waals surface area contributed by atoms with Gasteiger partial charge >= 0.3 is 0 Å². The maximum absolute atomic E-state index is 13.4. The summed E-state index contributed by atoms with van der Waals surface area (Å²) in [6, 6.07) is 5.82. The van der Waals surface area contributed by atoms with E-state index >= 15 is 0 Å². The number of benzene rings is 1. The second kappa shape index (κ2) is 7.84. The molecule has 0 aliphatic rings. The molecule has 0 saturated carbocycles. The van der Waals surface area contributed by atoms with Crippen LogP contribution in [0.4, 0.5) is 4.39 Å². The largest absolute Gasteiger partial charge is 0.419 e. The summed E-state index contributed by atoms with van der Waals surface area (Å²) >= 11 is 0. The standard InChI is InChI=1S/C19H23FN4O3S/c1-5-16-22-23-19(27-16)17-12(3)18(13(4)24(17)6-2)28(25,26)21-11-14-8-7-9-15(20)10-14/h7-10,21H,5-6,11H2,1-4H3. The monoisotopic (exact) mass is 406 g/mol. The molecule has 0 atom stereocenters. The van der Waals surface area contributed by atoms with Crippen LogP contribution < -0.4 is 4.72 Å². The van der Waals surface area contributed by atoms with Gasteiger partial charge in [-0.15, -0.1) is 10.2 Å². The molecule has 2 aromatic heterocycles. The van der Waals surface area contributed by atoms with Gasteiger partial charge < -0.3 is 8.98 Å². The highest BCUT2D eigenvalue weighted by Crippen LogP contribution is 2.33. The van der Waals surface area contributed by atoms with Gasteiger partial charge in [0.15, 0.2) is 0 Å². The number of sulfonamides is 1. The molecule has 0 unspecified atom stereocenters. The lowest BCUT2D eigenvalue weighted by molar-refractivity contribution is 0.507. The summed E-state index contributed by atoms with van der Waals surface area (Å²) in [4.78, 5) is 0.178. The lowest BCUT2D eigenvalue weighted by Crippen LogP contribution is -2.24. The van der Waals surface area contributed by atoms with Crippen molar-refractivity contribution in [2.75, 3.05) is 0 Å². The summed E-state index contributed by atoms with van der Waals surface area (Å²) in [6.45, 7) is 7.83. The van der Waals surface area contributed by atoms with Crippen molar-refractivity contribution in [3.8, 4) is 11.6 Å². The first-order chi connectivity index (χ1) is 13.3. The molecule has 0 aliphatic heterocycles. The van der Waals surface area contributed by atoms with Crippen LogP contribution in [0.5, 0.6) is 0 Å². The van der Waals surface area contributed by atoms with Gasteiger partial charge in [0.1, 0.15) is 16.4 Å². The molecular weight excluding hydrogens is 383 g/mol. The van der Waals surface area contributed by atoms with E-state index < -0.39 is 15.8 Å². The first-order valence-electron chi connectivity index (χ1n) is 9.05. The number of hydrogen-bond acceptors (Lipinski definition) is 5. The van der Waals surface area contributed by atoms with Crippen molar-refractivity contribution >= 4 is 10.0 Å². The Morgan fingerprint density at radius 1 is 1.21 bits per heavy atom. The molecule has 2 heterocycles. The van der Waals surface area contributed by atoms with E-state index in [2.05, 4.69) is 14.9 Å². The first-order valence-corrected chi connectivity index (χ1v) is 10.5. The van der Waals surface area contributed by atoms with Gasteiger partial charge in [-0.25, -0.2) is 17.5 Å². The zero-order valence-electron chi connectivity index (χ0n) is 16.3. The van der Waals surface area contributed by atoms with E-state index in [-0.39, 0.29) is 11.4 Å². The Kier molecular flexibility index (Phi) is 5.66. The quantitative estimate of drug-likeness (QED) is 0.650. The van der Waals surface area contributed by atoms with Gasteiger partial charge in [-0.2, -0.15) is 0 Å². The number of nitrogens with one attached hydrogen (secondary N) is 1. The maximum Gasteiger partial charge on any atom is 0.264 e. The number of aromatic nitrogens is 3. The van der Waals surface area contributed by atoms with Crippen LogP contribution in [-0.4, -0.2) is 23.2 Å². The van der Waals surface area contributed by atoms with Crippen LogP contribution in [0.15, 0.2) is 33.6 Å². The molecule has 3 rings (SSSR count). The Morgan fingerprint density at radius 2 is 1.96 bits per heavy atom. The van der Waals surface area contributed by atoms with Crippen molar-refractivity contribution in [2.45, 2.75) is 52.1 Å². The van der Waals surface area contributed by atoms with Crippen LogP contribution in [0, 0.1) is 19.7 Å². The Morgan fingerprint density at radius 3 is 2.57 bits per heavy atom.